The van der Waals surface area contributed by atoms with Crippen LogP contribution in [-0.4, -0.2) is 60.9 Å². The molecule has 1 saturated heterocycles. The van der Waals surface area contributed by atoms with Crippen molar-refractivity contribution in [2.75, 3.05) is 39.3 Å². The van der Waals surface area contributed by atoms with Gasteiger partial charge in [-0.1, -0.05) is 36.4 Å². The number of carbonyl (C=O) groups is 2. The third-order valence-corrected chi connectivity index (χ3v) is 4.29. The molecule has 0 saturated carbocycles. The van der Waals surface area contributed by atoms with E-state index in [4.69, 9.17) is 5.73 Å². The average molecular weight is 330 g/mol. The maximum Gasteiger partial charge on any atom is 0.247 e. The van der Waals surface area contributed by atoms with E-state index in [2.05, 4.69) is 11.9 Å². The van der Waals surface area contributed by atoms with Gasteiger partial charge < -0.3 is 16.0 Å². The Hall–Kier alpha value is -2.18. The molecule has 1 aliphatic rings. The van der Waals surface area contributed by atoms with Crippen LogP contribution in [0, 0.1) is 0 Å². The Morgan fingerprint density at radius 2 is 1.88 bits per heavy atom. The molecule has 1 aliphatic heterocycles. The summed E-state index contributed by atoms with van der Waals surface area (Å²) in [6.45, 7) is 8.62. The third kappa shape index (κ3) is 4.43. The molecule has 24 heavy (non-hydrogen) atoms. The largest absolute Gasteiger partial charge is 0.352 e. The van der Waals surface area contributed by atoms with E-state index < -0.39 is 5.54 Å². The molecule has 6 heteroatoms. The van der Waals surface area contributed by atoms with Crippen molar-refractivity contribution in [3.63, 3.8) is 0 Å². The van der Waals surface area contributed by atoms with Crippen molar-refractivity contribution in [1.29, 1.82) is 0 Å². The highest BCUT2D eigenvalue weighted by Gasteiger charge is 2.35. The number of carbonyl (C=O) groups excluding carboxylic acids is 2. The topological polar surface area (TPSA) is 78.7 Å². The molecule has 2 amide bonds. The number of nitrogens with one attached hydrogen (secondary N) is 1. The number of nitrogens with two attached hydrogens (primary N) is 1. The molecule has 0 aromatic heterocycles. The van der Waals surface area contributed by atoms with Crippen LogP contribution in [-0.2, 0) is 15.1 Å². The van der Waals surface area contributed by atoms with E-state index in [-0.39, 0.29) is 11.8 Å². The lowest BCUT2D eigenvalue weighted by Crippen LogP contribution is -2.57. The van der Waals surface area contributed by atoms with Gasteiger partial charge in [0.15, 0.2) is 0 Å². The second-order valence-electron chi connectivity index (χ2n) is 6.23. The zero-order valence-electron chi connectivity index (χ0n) is 14.2. The Kier molecular flexibility index (Phi) is 6.11. The van der Waals surface area contributed by atoms with Gasteiger partial charge in [0.25, 0.3) is 0 Å². The van der Waals surface area contributed by atoms with Crippen molar-refractivity contribution in [1.82, 2.24) is 15.1 Å². The third-order valence-electron chi connectivity index (χ3n) is 4.29. The van der Waals surface area contributed by atoms with Crippen LogP contribution in [0.15, 0.2) is 43.0 Å². The minimum Gasteiger partial charge on any atom is -0.352 e. The molecule has 0 radical (unpaired) electrons. The van der Waals surface area contributed by atoms with Gasteiger partial charge in [-0.2, -0.15) is 0 Å². The van der Waals surface area contributed by atoms with E-state index in [1.807, 2.05) is 35.2 Å². The van der Waals surface area contributed by atoms with E-state index in [1.54, 1.807) is 17.9 Å². The minimum atomic E-state index is -1.04. The van der Waals surface area contributed by atoms with Gasteiger partial charge in [-0.15, -0.1) is 6.58 Å². The quantitative estimate of drug-likeness (QED) is 0.736. The number of hydrogen-bond donors (Lipinski definition) is 2. The van der Waals surface area contributed by atoms with Gasteiger partial charge in [0.1, 0.15) is 5.54 Å². The van der Waals surface area contributed by atoms with E-state index in [1.165, 1.54) is 0 Å². The van der Waals surface area contributed by atoms with Crippen LogP contribution < -0.4 is 11.1 Å². The van der Waals surface area contributed by atoms with Gasteiger partial charge >= 0.3 is 0 Å². The fourth-order valence-corrected chi connectivity index (χ4v) is 2.79. The molecule has 3 N–H and O–H groups in total. The lowest BCUT2D eigenvalue weighted by Gasteiger charge is -2.38. The van der Waals surface area contributed by atoms with E-state index >= 15 is 0 Å². The highest BCUT2D eigenvalue weighted by Crippen LogP contribution is 2.21. The smallest absolute Gasteiger partial charge is 0.247 e. The second-order valence-corrected chi connectivity index (χ2v) is 6.23. The van der Waals surface area contributed by atoms with Crippen LogP contribution >= 0.6 is 0 Å². The van der Waals surface area contributed by atoms with E-state index in [9.17, 15) is 9.59 Å². The molecular weight excluding hydrogens is 304 g/mol. The monoisotopic (exact) mass is 330 g/mol. The normalized spacial score (nSPS) is 17.8. The number of rotatable bonds is 6. The predicted molar refractivity (Wildman–Crippen MR) is 94.2 cm³/mol. The molecule has 2 rings (SSSR count). The molecule has 1 aromatic carbocycles. The van der Waals surface area contributed by atoms with Crippen molar-refractivity contribution in [2.45, 2.75) is 12.5 Å². The number of amides is 2. The maximum atomic E-state index is 12.8. The van der Waals surface area contributed by atoms with Crippen molar-refractivity contribution in [3.8, 4) is 0 Å². The first-order valence-electron chi connectivity index (χ1n) is 8.19. The first kappa shape index (κ1) is 18.2. The lowest BCUT2D eigenvalue weighted by molar-refractivity contribution is -0.138. The van der Waals surface area contributed by atoms with Crippen molar-refractivity contribution < 1.29 is 9.59 Å². The summed E-state index contributed by atoms with van der Waals surface area (Å²) in [6, 6.07) is 9.41. The standard InChI is InChI=1S/C18H26N4O2/c1-3-9-20-16(23)14-21-10-12-22(13-11-21)17(24)18(2,19)15-7-5-4-6-8-15/h3-8H,1,9-14,19H2,2H3,(H,20,23). The fourth-order valence-electron chi connectivity index (χ4n) is 2.79. The highest BCUT2D eigenvalue weighted by molar-refractivity contribution is 5.87. The molecule has 1 aromatic rings. The first-order chi connectivity index (χ1) is 11.4. The molecule has 0 spiro atoms. The molecule has 6 nitrogen and oxygen atoms in total. The highest BCUT2D eigenvalue weighted by atomic mass is 16.2. The number of piperazine rings is 1. The van der Waals surface area contributed by atoms with Crippen LogP contribution in [0.5, 0.6) is 0 Å². The minimum absolute atomic E-state index is 0.0253. The summed E-state index contributed by atoms with van der Waals surface area (Å²) in [6.07, 6.45) is 1.65. The van der Waals surface area contributed by atoms with Crippen molar-refractivity contribution in [3.05, 3.63) is 48.6 Å². The van der Waals surface area contributed by atoms with Crippen molar-refractivity contribution in [2.24, 2.45) is 5.73 Å². The molecule has 1 atom stereocenters. The molecule has 1 heterocycles. The summed E-state index contributed by atoms with van der Waals surface area (Å²) in [4.78, 5) is 28.3. The van der Waals surface area contributed by atoms with Gasteiger partial charge in [-0.05, 0) is 12.5 Å². The Balaban J connectivity index is 1.88. The molecule has 1 unspecified atom stereocenters. The average Bonchev–Trinajstić information content (AvgIpc) is 2.60. The van der Waals surface area contributed by atoms with Gasteiger partial charge in [-0.3, -0.25) is 14.5 Å². The van der Waals surface area contributed by atoms with Gasteiger partial charge in [0.05, 0.1) is 6.54 Å². The number of nitrogens with zero attached hydrogens (tertiary/aromatic N) is 2. The van der Waals surface area contributed by atoms with E-state index in [0.717, 1.165) is 5.56 Å². The van der Waals surface area contributed by atoms with Gasteiger partial charge in [0.2, 0.25) is 11.8 Å². The molecule has 0 aliphatic carbocycles. The SMILES string of the molecule is C=CCNC(=O)CN1CCN(C(=O)C(C)(N)c2ccccc2)CC1. The Bertz CT molecular complexity index is 578. The zero-order valence-corrected chi connectivity index (χ0v) is 14.2. The number of benzene rings is 1. The summed E-state index contributed by atoms with van der Waals surface area (Å²) >= 11 is 0. The van der Waals surface area contributed by atoms with Crippen LogP contribution in [0.3, 0.4) is 0 Å². The predicted octanol–water partition coefficient (Wildman–Crippen LogP) is 0.307. The zero-order chi connectivity index (χ0) is 17.6. The van der Waals surface area contributed by atoms with Crippen LogP contribution in [0.2, 0.25) is 0 Å². The molecule has 130 valence electrons. The maximum absolute atomic E-state index is 12.8. The summed E-state index contributed by atoms with van der Waals surface area (Å²) in [7, 11) is 0. The van der Waals surface area contributed by atoms with Gasteiger partial charge in [0, 0.05) is 32.7 Å². The van der Waals surface area contributed by atoms with Crippen LogP contribution in [0.4, 0.5) is 0 Å². The van der Waals surface area contributed by atoms with Crippen LogP contribution in [0.1, 0.15) is 12.5 Å². The molecule has 0 bridgehead atoms. The summed E-state index contributed by atoms with van der Waals surface area (Å²) < 4.78 is 0. The Morgan fingerprint density at radius 3 is 2.46 bits per heavy atom. The lowest BCUT2D eigenvalue weighted by atomic mass is 9.91. The molecule has 1 fully saturated rings. The van der Waals surface area contributed by atoms with Gasteiger partial charge in [-0.25, -0.2) is 0 Å². The fraction of sp³-hybridized carbons (Fsp3) is 0.444. The number of hydrogen-bond acceptors (Lipinski definition) is 4. The Morgan fingerprint density at radius 1 is 1.25 bits per heavy atom. The summed E-state index contributed by atoms with van der Waals surface area (Å²) in [5.41, 5.74) is 6.07. The van der Waals surface area contributed by atoms with E-state index in [0.29, 0.717) is 39.3 Å². The summed E-state index contributed by atoms with van der Waals surface area (Å²) in [5.74, 6) is -0.105. The van der Waals surface area contributed by atoms with Crippen LogP contribution in [0.25, 0.3) is 0 Å². The molecular formula is C18H26N4O2. The summed E-state index contributed by atoms with van der Waals surface area (Å²) in [5, 5.41) is 2.76. The second kappa shape index (κ2) is 8.08. The first-order valence-corrected chi connectivity index (χ1v) is 8.19. The van der Waals surface area contributed by atoms with Crippen molar-refractivity contribution >= 4 is 11.8 Å². The Labute approximate surface area is 143 Å².